The second kappa shape index (κ2) is 19.7. The maximum Gasteiger partial charge on any atom is 0.180 e. The topological polar surface area (TPSA) is 23.0 Å². The molecule has 0 saturated carbocycles. The van der Waals surface area contributed by atoms with Gasteiger partial charge in [0, 0.05) is 43.7 Å². The molecule has 0 aliphatic carbocycles. The molecule has 83 heavy (non-hydrogen) atoms. The summed E-state index contributed by atoms with van der Waals surface area (Å²) in [7, 11) is -6.40. The summed E-state index contributed by atoms with van der Waals surface area (Å²) < 4.78 is 55.5. The van der Waals surface area contributed by atoms with Crippen LogP contribution in [0.15, 0.2) is 332 Å². The molecule has 0 aliphatic heterocycles. The highest BCUT2D eigenvalue weighted by Crippen LogP contribution is 2.41. The Morgan fingerprint density at radius 3 is 1.40 bits per heavy atom. The molecule has 0 N–H and O–H groups in total. The van der Waals surface area contributed by atoms with Gasteiger partial charge in [-0.05, 0) is 113 Å². The van der Waals surface area contributed by atoms with E-state index in [1.54, 1.807) is 0 Å². The van der Waals surface area contributed by atoms with E-state index in [0.29, 0.717) is 5.56 Å². The molecule has 13 aromatic carbocycles. The van der Waals surface area contributed by atoms with Gasteiger partial charge in [0.25, 0.3) is 0 Å². The lowest BCUT2D eigenvalue weighted by molar-refractivity contribution is 0.669. The third-order valence-electron chi connectivity index (χ3n) is 17.3. The second-order valence-corrected chi connectivity index (χ2v) is 29.1. The predicted octanol–water partition coefficient (Wildman–Crippen LogP) is 14.2. The second-order valence-electron chi connectivity index (χ2n) is 21.5. The van der Waals surface area contributed by atoms with Crippen LogP contribution in [0.3, 0.4) is 0 Å². The minimum atomic E-state index is -3.22. The van der Waals surface area contributed by atoms with Crippen LogP contribution in [0, 0.1) is 0 Å². The smallest absolute Gasteiger partial charge is 0.180 e. The number of hydrogen-bond donors (Lipinski definition) is 0. The van der Waals surface area contributed by atoms with Gasteiger partial charge in [-0.25, -0.2) is 0 Å². The Labute approximate surface area is 490 Å². The fourth-order valence-electron chi connectivity index (χ4n) is 13.9. The summed E-state index contributed by atoms with van der Waals surface area (Å²) in [6.07, 6.45) is 0. The fourth-order valence-corrected chi connectivity index (χ4v) is 23.7. The van der Waals surface area contributed by atoms with Gasteiger partial charge in [-0.3, -0.25) is 0 Å². The largest absolute Gasteiger partial charge is 0.456 e. The normalized spacial score (nSPS) is 12.9. The van der Waals surface area contributed by atoms with Crippen molar-refractivity contribution in [1.82, 2.24) is 9.13 Å². The molecule has 0 spiro atoms. The van der Waals surface area contributed by atoms with Gasteiger partial charge in [0.1, 0.15) is 11.2 Å². The molecule has 0 saturated heterocycles. The van der Waals surface area contributed by atoms with Crippen LogP contribution >= 0.6 is 0 Å². The van der Waals surface area contributed by atoms with Gasteiger partial charge >= 0.3 is 0 Å². The molecule has 390 valence electrons. The van der Waals surface area contributed by atoms with E-state index in [9.17, 15) is 2.74 Å². The Hall–Kier alpha value is -10.3. The van der Waals surface area contributed by atoms with E-state index >= 15 is 0 Å². The fraction of sp³-hybridized carbons (Fsp3) is 0. The van der Waals surface area contributed by atoms with E-state index in [1.165, 1.54) is 41.5 Å². The highest BCUT2D eigenvalue weighted by molar-refractivity contribution is 7.21. The number of nitrogens with zero attached hydrogens (tertiary/aromatic N) is 2. The van der Waals surface area contributed by atoms with E-state index in [4.69, 9.17) is 8.53 Å². The molecule has 5 heteroatoms. The number of rotatable bonds is 11. The third kappa shape index (κ3) is 7.49. The molecule has 0 amide bonds. The van der Waals surface area contributed by atoms with E-state index in [1.807, 2.05) is 30.3 Å². The van der Waals surface area contributed by atoms with Crippen LogP contribution in [0.1, 0.15) is 6.85 Å². The van der Waals surface area contributed by atoms with Crippen molar-refractivity contribution in [1.29, 1.82) is 0 Å². The Morgan fingerprint density at radius 2 is 0.759 bits per heavy atom. The highest BCUT2D eigenvalue weighted by Gasteiger charge is 2.44. The van der Waals surface area contributed by atoms with Crippen molar-refractivity contribution < 1.29 is 11.3 Å². The highest BCUT2D eigenvalue weighted by atomic mass is 28.3. The Bertz CT molecular complexity index is 5230. The van der Waals surface area contributed by atoms with Crippen LogP contribution in [0.4, 0.5) is 0 Å². The zero-order valence-electron chi connectivity index (χ0n) is 50.1. The quantitative estimate of drug-likeness (QED) is 0.0935. The molecule has 0 unspecified atom stereocenters. The lowest BCUT2D eigenvalue weighted by Gasteiger charge is -2.35. The Kier molecular flexibility index (Phi) is 10.3. The van der Waals surface area contributed by atoms with Gasteiger partial charge in [-0.1, -0.05) is 267 Å². The molecule has 0 atom stereocenters. The summed E-state index contributed by atoms with van der Waals surface area (Å²) >= 11 is 0. The van der Waals surface area contributed by atoms with Gasteiger partial charge in [-0.2, -0.15) is 0 Å². The Balaban J connectivity index is 1.02. The summed E-state index contributed by atoms with van der Waals surface area (Å²) in [5.41, 5.74) is 8.34. The van der Waals surface area contributed by atoms with Crippen molar-refractivity contribution in [3.63, 3.8) is 0 Å². The van der Waals surface area contributed by atoms with Crippen molar-refractivity contribution in [2.45, 2.75) is 0 Å². The van der Waals surface area contributed by atoms with Crippen LogP contribution in [-0.2, 0) is 0 Å². The first-order valence-electron chi connectivity index (χ1n) is 30.7. The molecule has 3 aromatic heterocycles. The standard InChI is InChI=1S/C78H54N2OSi2/c1-7-26-55(27-8-1)65-42-24-44-72-77(65)67-41-19-21-43-70(67)80(72)57-48-50-71-69(53-57)78-73(45-25-47-76(78)83(60-33-13-4-14-34-60,61-35-15-5-16-36-61)62-37-17-6-18-38-62)79(71)56-28-23-39-63(52-56)82(58-29-9-2-10-30-58,59-31-11-3-12-32-59)64-49-51-75-68(54-64)66-40-20-22-46-74(66)81-75/h1-54H/i1D,7D,8D,26D,27D. The maximum absolute atomic E-state index is 9.17. The number of para-hydroxylation sites is 2. The van der Waals surface area contributed by atoms with E-state index < -0.39 is 22.2 Å². The number of fused-ring (bicyclic) bond motifs is 9. The molecule has 3 heterocycles. The average molecular weight is 1100 g/mol. The number of furan rings is 1. The molecule has 0 fully saturated rings. The number of hydrogen-bond acceptors (Lipinski definition) is 1. The lowest BCUT2D eigenvalue weighted by atomic mass is 9.99. The van der Waals surface area contributed by atoms with Crippen molar-refractivity contribution >= 4 is 123 Å². The first-order valence-corrected chi connectivity index (χ1v) is 32.2. The minimum absolute atomic E-state index is 0.177. The molecule has 16 rings (SSSR count). The average Bonchev–Trinajstić information content (AvgIpc) is 1.54. The van der Waals surface area contributed by atoms with Crippen LogP contribution in [0.25, 0.3) is 88.1 Å². The van der Waals surface area contributed by atoms with Crippen molar-refractivity contribution in [3.05, 3.63) is 327 Å². The zero-order valence-corrected chi connectivity index (χ0v) is 47.1. The molecule has 0 bridgehead atoms. The van der Waals surface area contributed by atoms with E-state index in [0.717, 1.165) is 76.9 Å². The predicted molar refractivity (Wildman–Crippen MR) is 355 cm³/mol. The first kappa shape index (κ1) is 43.5. The van der Waals surface area contributed by atoms with Crippen molar-refractivity contribution in [2.75, 3.05) is 0 Å². The van der Waals surface area contributed by atoms with E-state index in [-0.39, 0.29) is 29.7 Å². The molecule has 0 radical (unpaired) electrons. The zero-order chi connectivity index (χ0) is 59.3. The molecular weight excluding hydrogens is 1040 g/mol. The van der Waals surface area contributed by atoms with Gasteiger partial charge < -0.3 is 13.6 Å². The first-order chi connectivity index (χ1) is 43.3. The van der Waals surface area contributed by atoms with Crippen LogP contribution in [-0.4, -0.2) is 25.3 Å². The number of benzene rings is 13. The van der Waals surface area contributed by atoms with Gasteiger partial charge in [0.05, 0.1) is 28.9 Å². The van der Waals surface area contributed by atoms with Crippen LogP contribution < -0.4 is 41.5 Å². The van der Waals surface area contributed by atoms with Crippen molar-refractivity contribution in [2.24, 2.45) is 0 Å². The molecule has 16 aromatic rings. The SMILES string of the molecule is [2H]c1c([2H])c([2H])c(-c2cccc3c2c2ccccc2n3-c2ccc3c(c2)c2c([Si](c4ccccc4)(c4ccccc4)c4ccccc4)cccc2n3-c2cccc([Si](c3ccccc3)(c3ccccc3)c3ccc4oc5ccccc5c4c3)c2)c([2H])c1[2H]. The number of aromatic nitrogens is 2. The molecular formula is C78H54N2OSi2. The van der Waals surface area contributed by atoms with Gasteiger partial charge in [-0.15, -0.1) is 0 Å². The summed E-state index contributed by atoms with van der Waals surface area (Å²) in [4.78, 5) is 0. The molecule has 3 nitrogen and oxygen atoms in total. The third-order valence-corrected chi connectivity index (χ3v) is 26.9. The van der Waals surface area contributed by atoms with Crippen molar-refractivity contribution in [3.8, 4) is 22.5 Å². The van der Waals surface area contributed by atoms with Gasteiger partial charge in [0.2, 0.25) is 0 Å². The lowest BCUT2D eigenvalue weighted by Crippen LogP contribution is -2.74. The summed E-state index contributed by atoms with van der Waals surface area (Å²) in [6.45, 7) is 0. The Morgan fingerprint density at radius 1 is 0.289 bits per heavy atom. The van der Waals surface area contributed by atoms with Crippen LogP contribution in [0.2, 0.25) is 0 Å². The summed E-state index contributed by atoms with van der Waals surface area (Å²) in [6, 6.07) is 107. The van der Waals surface area contributed by atoms with Crippen LogP contribution in [0.5, 0.6) is 0 Å². The minimum Gasteiger partial charge on any atom is -0.456 e. The monoisotopic (exact) mass is 1100 g/mol. The summed E-state index contributed by atoms with van der Waals surface area (Å²) in [5.74, 6) is 0. The molecule has 0 aliphatic rings. The summed E-state index contributed by atoms with van der Waals surface area (Å²) in [5, 5.41) is 16.2. The van der Waals surface area contributed by atoms with Gasteiger partial charge in [0.15, 0.2) is 16.1 Å². The van der Waals surface area contributed by atoms with E-state index in [2.05, 4.69) is 276 Å². The maximum atomic E-state index is 9.17.